The van der Waals surface area contributed by atoms with E-state index >= 15 is 0 Å². The number of alkyl halides is 1. The van der Waals surface area contributed by atoms with Gasteiger partial charge in [-0.1, -0.05) is 64.8 Å². The Morgan fingerprint density at radius 2 is 1.93 bits per heavy atom. The van der Waals surface area contributed by atoms with Crippen molar-refractivity contribution in [2.24, 2.45) is 11.3 Å². The molecule has 1 aromatic carbocycles. The van der Waals surface area contributed by atoms with Crippen LogP contribution in [-0.2, 0) is 5.41 Å². The molecule has 0 nitrogen and oxygen atoms in total. The van der Waals surface area contributed by atoms with Gasteiger partial charge in [-0.3, -0.25) is 0 Å². The Morgan fingerprint density at radius 3 is 2.40 bits per heavy atom. The summed E-state index contributed by atoms with van der Waals surface area (Å²) in [5, 5.41) is 1.09. The summed E-state index contributed by atoms with van der Waals surface area (Å²) >= 11 is 7.18. The zero-order valence-corrected chi connectivity index (χ0v) is 12.5. The topological polar surface area (TPSA) is 0 Å². The van der Waals surface area contributed by atoms with Crippen LogP contribution in [0.15, 0.2) is 28.7 Å². The second-order valence-corrected chi connectivity index (χ2v) is 6.70. The maximum Gasteiger partial charge on any atom is 0.0178 e. The van der Waals surface area contributed by atoms with E-state index in [1.807, 2.05) is 0 Å². The molecule has 0 bridgehead atoms. The van der Waals surface area contributed by atoms with Crippen molar-refractivity contribution in [1.29, 1.82) is 0 Å². The lowest BCUT2D eigenvalue weighted by atomic mass is 9.90. The van der Waals surface area contributed by atoms with Crippen LogP contribution in [0.2, 0.25) is 0 Å². The molecule has 0 N–H and O–H groups in total. The highest BCUT2D eigenvalue weighted by atomic mass is 79.9. The van der Waals surface area contributed by atoms with Crippen molar-refractivity contribution in [1.82, 2.24) is 0 Å². The predicted octanol–water partition coefficient (Wildman–Crippen LogP) is 4.76. The first-order valence-electron chi connectivity index (χ1n) is 5.26. The second kappa shape index (κ2) is 3.59. The second-order valence-electron chi connectivity index (χ2n) is 5.14. The van der Waals surface area contributed by atoms with E-state index in [0.29, 0.717) is 10.8 Å². The summed E-state index contributed by atoms with van der Waals surface area (Å²) < 4.78 is 1.18. The molecule has 1 aliphatic rings. The van der Waals surface area contributed by atoms with Gasteiger partial charge in [-0.05, 0) is 29.0 Å². The monoisotopic (exact) mass is 330 g/mol. The van der Waals surface area contributed by atoms with Gasteiger partial charge in [0.05, 0.1) is 0 Å². The van der Waals surface area contributed by atoms with Crippen LogP contribution in [0.1, 0.15) is 26.3 Å². The van der Waals surface area contributed by atoms with E-state index in [0.717, 1.165) is 11.2 Å². The molecule has 2 unspecified atom stereocenters. The van der Waals surface area contributed by atoms with Gasteiger partial charge in [0.2, 0.25) is 0 Å². The first-order valence-corrected chi connectivity index (χ1v) is 7.18. The van der Waals surface area contributed by atoms with Gasteiger partial charge in [0.1, 0.15) is 0 Å². The van der Waals surface area contributed by atoms with Gasteiger partial charge < -0.3 is 0 Å². The molecule has 0 heterocycles. The van der Waals surface area contributed by atoms with Crippen molar-refractivity contribution in [3.8, 4) is 0 Å². The highest BCUT2D eigenvalue weighted by molar-refractivity contribution is 9.10. The van der Waals surface area contributed by atoms with Gasteiger partial charge in [0.25, 0.3) is 0 Å². The average Bonchev–Trinajstić information content (AvgIpc) is 2.61. The summed E-state index contributed by atoms with van der Waals surface area (Å²) in [7, 11) is 0. The van der Waals surface area contributed by atoms with Crippen molar-refractivity contribution in [3.63, 3.8) is 0 Å². The third-order valence-electron chi connectivity index (χ3n) is 4.40. The number of hydrogen-bond acceptors (Lipinski definition) is 0. The van der Waals surface area contributed by atoms with Crippen LogP contribution in [-0.4, -0.2) is 5.33 Å². The third kappa shape index (κ3) is 1.52. The van der Waals surface area contributed by atoms with Gasteiger partial charge in [-0.2, -0.15) is 0 Å². The summed E-state index contributed by atoms with van der Waals surface area (Å²) in [6.07, 6.45) is 0. The zero-order chi connectivity index (χ0) is 11.3. The summed E-state index contributed by atoms with van der Waals surface area (Å²) in [6, 6.07) is 8.72. The quantitative estimate of drug-likeness (QED) is 0.685. The molecule has 0 radical (unpaired) electrons. The maximum absolute atomic E-state index is 3.63. The molecule has 1 saturated carbocycles. The molecule has 82 valence electrons. The molecule has 0 amide bonds. The Bertz CT molecular complexity index is 384. The van der Waals surface area contributed by atoms with E-state index in [9.17, 15) is 0 Å². The molecular formula is C13H16Br2. The van der Waals surface area contributed by atoms with Crippen LogP contribution < -0.4 is 0 Å². The largest absolute Gasteiger partial charge is 0.0924 e. The molecule has 0 aromatic heterocycles. The number of rotatable bonds is 2. The van der Waals surface area contributed by atoms with Crippen molar-refractivity contribution in [3.05, 3.63) is 34.3 Å². The molecule has 2 heteroatoms. The Hall–Kier alpha value is 0.180. The molecule has 1 aliphatic carbocycles. The normalized spacial score (nSPS) is 32.7. The van der Waals surface area contributed by atoms with Gasteiger partial charge >= 0.3 is 0 Å². The highest BCUT2D eigenvalue weighted by Gasteiger charge is 2.67. The van der Waals surface area contributed by atoms with Gasteiger partial charge in [-0.15, -0.1) is 0 Å². The Kier molecular flexibility index (Phi) is 2.79. The van der Waals surface area contributed by atoms with Crippen LogP contribution in [0.3, 0.4) is 0 Å². The van der Waals surface area contributed by atoms with Gasteiger partial charge in [0.15, 0.2) is 0 Å². The van der Waals surface area contributed by atoms with Crippen molar-refractivity contribution >= 4 is 31.9 Å². The Balaban J connectivity index is 2.41. The van der Waals surface area contributed by atoms with Crippen LogP contribution in [0, 0.1) is 11.3 Å². The average molecular weight is 332 g/mol. The van der Waals surface area contributed by atoms with Gasteiger partial charge in [-0.25, -0.2) is 0 Å². The molecule has 1 fully saturated rings. The van der Waals surface area contributed by atoms with Crippen LogP contribution >= 0.6 is 31.9 Å². The maximum atomic E-state index is 3.63. The highest BCUT2D eigenvalue weighted by Crippen LogP contribution is 2.69. The SMILES string of the molecule is CC1(C)C(CBr)C1(C)c1cccc(Br)c1. The Labute approximate surface area is 109 Å². The molecule has 0 aliphatic heterocycles. The fourth-order valence-electron chi connectivity index (χ4n) is 2.83. The molecule has 0 saturated heterocycles. The zero-order valence-electron chi connectivity index (χ0n) is 9.35. The summed E-state index contributed by atoms with van der Waals surface area (Å²) in [4.78, 5) is 0. The minimum atomic E-state index is 0.320. The van der Waals surface area contributed by atoms with E-state index in [1.54, 1.807) is 0 Å². The van der Waals surface area contributed by atoms with E-state index in [-0.39, 0.29) is 0 Å². The minimum Gasteiger partial charge on any atom is -0.0924 e. The van der Waals surface area contributed by atoms with Crippen molar-refractivity contribution < 1.29 is 0 Å². The molecular weight excluding hydrogens is 316 g/mol. The first kappa shape index (κ1) is 11.7. The fourth-order valence-corrected chi connectivity index (χ4v) is 4.69. The first-order chi connectivity index (χ1) is 6.94. The van der Waals surface area contributed by atoms with E-state index in [4.69, 9.17) is 0 Å². The lowest BCUT2D eigenvalue weighted by molar-refractivity contribution is 0.522. The number of halogens is 2. The fraction of sp³-hybridized carbons (Fsp3) is 0.538. The van der Waals surface area contributed by atoms with Crippen LogP contribution in [0.25, 0.3) is 0 Å². The minimum absolute atomic E-state index is 0.320. The van der Waals surface area contributed by atoms with Crippen LogP contribution in [0.5, 0.6) is 0 Å². The predicted molar refractivity (Wildman–Crippen MR) is 72.6 cm³/mol. The standard InChI is InChI=1S/C13H16Br2/c1-12(2)11(8-14)13(12,3)9-5-4-6-10(15)7-9/h4-7,11H,8H2,1-3H3. The molecule has 15 heavy (non-hydrogen) atoms. The summed E-state index contributed by atoms with van der Waals surface area (Å²) in [5.41, 5.74) is 2.17. The smallest absolute Gasteiger partial charge is 0.0178 e. The number of hydrogen-bond donors (Lipinski definition) is 0. The van der Waals surface area contributed by atoms with Gasteiger partial charge in [0, 0.05) is 15.2 Å². The Morgan fingerprint density at radius 1 is 1.27 bits per heavy atom. The lowest BCUT2D eigenvalue weighted by Gasteiger charge is -2.15. The van der Waals surface area contributed by atoms with Crippen molar-refractivity contribution in [2.75, 3.05) is 5.33 Å². The third-order valence-corrected chi connectivity index (χ3v) is 5.54. The molecule has 2 rings (SSSR count). The lowest BCUT2D eigenvalue weighted by Crippen LogP contribution is -2.09. The van der Waals surface area contributed by atoms with E-state index in [1.165, 1.54) is 10.0 Å². The molecule has 0 spiro atoms. The summed E-state index contributed by atoms with van der Waals surface area (Å²) in [5.74, 6) is 0.735. The summed E-state index contributed by atoms with van der Waals surface area (Å²) in [6.45, 7) is 7.10. The molecule has 1 aromatic rings. The van der Waals surface area contributed by atoms with E-state index in [2.05, 4.69) is 76.9 Å². The molecule has 2 atom stereocenters. The number of benzene rings is 1. The van der Waals surface area contributed by atoms with Crippen LogP contribution in [0.4, 0.5) is 0 Å². The van der Waals surface area contributed by atoms with E-state index < -0.39 is 0 Å². The van der Waals surface area contributed by atoms with Crippen molar-refractivity contribution in [2.45, 2.75) is 26.2 Å².